The van der Waals surface area contributed by atoms with E-state index >= 15 is 8.78 Å². The Balaban J connectivity index is 0.999. The summed E-state index contributed by atoms with van der Waals surface area (Å²) in [5.41, 5.74) is 17.2. The van der Waals surface area contributed by atoms with Gasteiger partial charge in [-0.15, -0.1) is 0 Å². The molecular formula is C83H61F2N3O2. The van der Waals surface area contributed by atoms with Crippen molar-refractivity contribution in [3.8, 4) is 16.8 Å². The van der Waals surface area contributed by atoms with E-state index in [-0.39, 0.29) is 16.6 Å². The summed E-state index contributed by atoms with van der Waals surface area (Å²) in [5.74, 6) is -0.380. The normalized spacial score (nSPS) is 15.8. The van der Waals surface area contributed by atoms with Crippen molar-refractivity contribution in [2.24, 2.45) is 0 Å². The van der Waals surface area contributed by atoms with Crippen molar-refractivity contribution in [1.29, 1.82) is 0 Å². The van der Waals surface area contributed by atoms with E-state index in [0.717, 1.165) is 110 Å². The molecule has 2 unspecified atom stereocenters. The van der Waals surface area contributed by atoms with Gasteiger partial charge in [-0.2, -0.15) is 0 Å². The van der Waals surface area contributed by atoms with Crippen LogP contribution < -0.4 is 9.80 Å². The zero-order valence-corrected chi connectivity index (χ0v) is 50.7. The Hall–Kier alpha value is -10.5. The maximum Gasteiger partial charge on any atom is 0.159 e. The number of allylic oxidation sites excluding steroid dienone is 2. The minimum Gasteiger partial charge on any atom is -0.454 e. The van der Waals surface area contributed by atoms with Gasteiger partial charge in [-0.1, -0.05) is 224 Å². The van der Waals surface area contributed by atoms with Gasteiger partial charge >= 0.3 is 0 Å². The second kappa shape index (κ2) is 18.8. The van der Waals surface area contributed by atoms with Gasteiger partial charge in [-0.25, -0.2) is 8.78 Å². The van der Waals surface area contributed by atoms with Crippen LogP contribution in [0.2, 0.25) is 0 Å². The standard InChI is InChI=1S/C83H61F2N3O2/c1-81(2,3)63-30-17-25-54-56-27-19-37-72(79(56)89-77(54)63)86(70-35-15-12-32-66(70)84)50-41-44-68-58(45-50)59-46-51(87(71-36-16-13-33-67(71)85)73-38-20-28-57-55-26-18-31-64(82(4,5)6)78(55)90-80(57)73)47-65-76(59)88(68)69-34-14-11-29-60(69)83(65)61-42-39-48-21-7-9-23-52(48)74(61)75-53-24-10-8-22-49(53)40-43-62(75)83/h7-47,66,70H,1-6H3. The minimum absolute atomic E-state index is 0.202. The molecule has 12 aromatic carbocycles. The topological polar surface area (TPSA) is 37.7 Å². The highest BCUT2D eigenvalue weighted by molar-refractivity contribution is 6.19. The fourth-order valence-corrected chi connectivity index (χ4v) is 16.0. The number of furan rings is 2. The van der Waals surface area contributed by atoms with Crippen molar-refractivity contribution in [1.82, 2.24) is 4.57 Å². The molecule has 3 aliphatic rings. The van der Waals surface area contributed by atoms with Crippen molar-refractivity contribution < 1.29 is 17.6 Å². The Morgan fingerprint density at radius 1 is 0.422 bits per heavy atom. The van der Waals surface area contributed by atoms with Crippen molar-refractivity contribution in [2.75, 3.05) is 9.80 Å². The van der Waals surface area contributed by atoms with Crippen LogP contribution in [0.3, 0.4) is 0 Å². The first kappa shape index (κ1) is 52.6. The fourth-order valence-electron chi connectivity index (χ4n) is 16.0. The lowest BCUT2D eigenvalue weighted by molar-refractivity contribution is 0.366. The number of rotatable bonds is 6. The molecule has 0 bridgehead atoms. The van der Waals surface area contributed by atoms with Crippen LogP contribution >= 0.6 is 0 Å². The average molecular weight is 1170 g/mol. The van der Waals surface area contributed by atoms with Crippen LogP contribution in [0.25, 0.3) is 104 Å². The number of para-hydroxylation sites is 6. The van der Waals surface area contributed by atoms with Gasteiger partial charge in [-0.3, -0.25) is 0 Å². The van der Waals surface area contributed by atoms with Crippen molar-refractivity contribution in [2.45, 2.75) is 70.0 Å². The summed E-state index contributed by atoms with van der Waals surface area (Å²) >= 11 is 0. The third kappa shape index (κ3) is 7.17. The Bertz CT molecular complexity index is 5580. The molecular weight excluding hydrogens is 1110 g/mol. The second-order valence-electron chi connectivity index (χ2n) is 26.8. The van der Waals surface area contributed by atoms with Gasteiger partial charge in [-0.05, 0) is 132 Å². The molecule has 0 radical (unpaired) electrons. The molecule has 1 aliphatic heterocycles. The number of hydrogen-bond acceptors (Lipinski definition) is 4. The molecule has 1 spiro atoms. The van der Waals surface area contributed by atoms with Crippen LogP contribution in [0.15, 0.2) is 258 Å². The lowest BCUT2D eigenvalue weighted by Crippen LogP contribution is -2.37. The molecule has 0 fully saturated rings. The third-order valence-electron chi connectivity index (χ3n) is 19.8. The van der Waals surface area contributed by atoms with Gasteiger partial charge < -0.3 is 23.2 Å². The second-order valence-corrected chi connectivity index (χ2v) is 26.8. The zero-order valence-electron chi connectivity index (χ0n) is 50.7. The number of anilines is 5. The molecule has 15 aromatic rings. The van der Waals surface area contributed by atoms with Crippen LogP contribution in [0.4, 0.5) is 37.2 Å². The van der Waals surface area contributed by atoms with E-state index < -0.39 is 17.6 Å². The summed E-state index contributed by atoms with van der Waals surface area (Å²) in [6, 6.07) is 78.6. The van der Waals surface area contributed by atoms with Crippen LogP contribution in [-0.2, 0) is 16.2 Å². The highest BCUT2D eigenvalue weighted by atomic mass is 19.1. The number of halogens is 2. The maximum absolute atomic E-state index is 17.6. The Morgan fingerprint density at radius 2 is 0.944 bits per heavy atom. The molecule has 4 heterocycles. The van der Waals surface area contributed by atoms with Crippen LogP contribution in [-0.4, -0.2) is 16.8 Å². The van der Waals surface area contributed by atoms with E-state index in [9.17, 15) is 0 Å². The zero-order chi connectivity index (χ0) is 60.7. The summed E-state index contributed by atoms with van der Waals surface area (Å²) in [6.45, 7) is 13.3. The summed E-state index contributed by atoms with van der Waals surface area (Å²) in [5, 5.41) is 10.5. The first-order valence-electron chi connectivity index (χ1n) is 31.3. The molecule has 0 saturated heterocycles. The van der Waals surface area contributed by atoms with Gasteiger partial charge in [0.15, 0.2) is 11.2 Å². The molecule has 0 amide bonds. The SMILES string of the molecule is CC(C)(C)c1cccc2c1oc1c(N(c3cc4c5c(c3)c3cc(N(c6cccc7c6oc6c(C(C)(C)C)cccc67)C6C=CC=CC6F)ccc3n5-c3ccccc3C43c4ccc5ccccc5c4-c4c3ccc3ccccc43)c3ccccc3F)cccc12. The molecule has 90 heavy (non-hydrogen) atoms. The number of aromatic nitrogens is 1. The monoisotopic (exact) mass is 1170 g/mol. The molecule has 2 atom stereocenters. The highest BCUT2D eigenvalue weighted by Gasteiger charge is 2.52. The molecule has 0 N–H and O–H groups in total. The number of benzene rings is 12. The van der Waals surface area contributed by atoms with E-state index in [2.05, 4.69) is 256 Å². The van der Waals surface area contributed by atoms with E-state index in [1.54, 1.807) is 24.3 Å². The lowest BCUT2D eigenvalue weighted by atomic mass is 9.65. The Kier molecular flexibility index (Phi) is 11.0. The van der Waals surface area contributed by atoms with E-state index in [0.29, 0.717) is 22.5 Å². The summed E-state index contributed by atoms with van der Waals surface area (Å²) < 4.78 is 51.7. The highest BCUT2D eigenvalue weighted by Crippen LogP contribution is 2.64. The molecule has 18 rings (SSSR count). The minimum atomic E-state index is -1.35. The average Bonchev–Trinajstić information content (AvgIpc) is 1.47. The smallest absolute Gasteiger partial charge is 0.159 e. The van der Waals surface area contributed by atoms with Gasteiger partial charge in [0.05, 0.1) is 45.2 Å². The van der Waals surface area contributed by atoms with Crippen molar-refractivity contribution >= 4 is 116 Å². The van der Waals surface area contributed by atoms with Gasteiger partial charge in [0, 0.05) is 54.8 Å². The fraction of sp³-hybridized carbons (Fsp3) is 0.133. The molecule has 5 nitrogen and oxygen atoms in total. The van der Waals surface area contributed by atoms with Crippen molar-refractivity contribution in [3.63, 3.8) is 0 Å². The summed E-state index contributed by atoms with van der Waals surface area (Å²) in [6.07, 6.45) is 5.99. The number of hydrogen-bond donors (Lipinski definition) is 0. The number of alkyl halides is 1. The lowest BCUT2D eigenvalue weighted by Gasteiger charge is -2.40. The van der Waals surface area contributed by atoms with Gasteiger partial charge in [0.2, 0.25) is 0 Å². The molecule has 3 aromatic heterocycles. The third-order valence-corrected chi connectivity index (χ3v) is 19.8. The Morgan fingerprint density at radius 3 is 1.58 bits per heavy atom. The first-order chi connectivity index (χ1) is 43.8. The van der Waals surface area contributed by atoms with Gasteiger partial charge in [0.1, 0.15) is 23.2 Å². The predicted molar refractivity (Wildman–Crippen MR) is 369 cm³/mol. The quantitative estimate of drug-likeness (QED) is 0.166. The maximum atomic E-state index is 17.6. The number of fused-ring (bicyclic) bond motifs is 22. The van der Waals surface area contributed by atoms with Crippen LogP contribution in [0, 0.1) is 5.82 Å². The summed E-state index contributed by atoms with van der Waals surface area (Å²) in [4.78, 5) is 4.22. The van der Waals surface area contributed by atoms with Crippen LogP contribution in [0.1, 0.15) is 74.9 Å². The van der Waals surface area contributed by atoms with E-state index in [4.69, 9.17) is 8.83 Å². The number of nitrogens with zero attached hydrogens (tertiary/aromatic N) is 3. The predicted octanol–water partition coefficient (Wildman–Crippen LogP) is 22.7. The molecule has 0 saturated carbocycles. The van der Waals surface area contributed by atoms with Crippen molar-refractivity contribution in [3.05, 3.63) is 288 Å². The Labute approximate surface area is 519 Å². The largest absolute Gasteiger partial charge is 0.454 e. The molecule has 434 valence electrons. The molecule has 7 heteroatoms. The van der Waals surface area contributed by atoms with Gasteiger partial charge in [0.25, 0.3) is 0 Å². The van der Waals surface area contributed by atoms with Crippen LogP contribution in [0.5, 0.6) is 0 Å². The van der Waals surface area contributed by atoms with E-state index in [1.807, 2.05) is 24.3 Å². The van der Waals surface area contributed by atoms with E-state index in [1.165, 1.54) is 33.0 Å². The molecule has 2 aliphatic carbocycles. The summed E-state index contributed by atoms with van der Waals surface area (Å²) in [7, 11) is 0. The first-order valence-corrected chi connectivity index (χ1v) is 31.3.